The summed E-state index contributed by atoms with van der Waals surface area (Å²) >= 11 is 6.01. The van der Waals surface area contributed by atoms with Crippen LogP contribution in [0.2, 0.25) is 5.02 Å². The van der Waals surface area contributed by atoms with Crippen LogP contribution in [0.5, 0.6) is 5.75 Å². The Morgan fingerprint density at radius 1 is 1.20 bits per heavy atom. The molecule has 0 fully saturated rings. The van der Waals surface area contributed by atoms with Crippen LogP contribution in [0.25, 0.3) is 0 Å². The Balaban J connectivity index is 1.96. The van der Waals surface area contributed by atoms with Crippen LogP contribution in [-0.2, 0) is 20.9 Å². The monoisotopic (exact) mass is 365 g/mol. The van der Waals surface area contributed by atoms with Crippen molar-refractivity contribution in [3.8, 4) is 5.75 Å². The zero-order chi connectivity index (χ0) is 18.1. The number of nitrogens with zero attached hydrogens (tertiary/aromatic N) is 1. The van der Waals surface area contributed by atoms with E-state index in [1.54, 1.807) is 43.3 Å². The summed E-state index contributed by atoms with van der Waals surface area (Å²) < 4.78 is 15.7. The summed E-state index contributed by atoms with van der Waals surface area (Å²) in [7, 11) is 0. The number of ether oxygens (including phenoxy) is 2. The van der Waals surface area contributed by atoms with Gasteiger partial charge in [-0.2, -0.15) is 0 Å². The average molecular weight is 366 g/mol. The highest BCUT2D eigenvalue weighted by Crippen LogP contribution is 2.23. The molecule has 7 heteroatoms. The molecule has 0 unspecified atom stereocenters. The van der Waals surface area contributed by atoms with Gasteiger partial charge in [-0.25, -0.2) is 0 Å². The summed E-state index contributed by atoms with van der Waals surface area (Å²) in [5.74, 6) is 0.420. The fourth-order valence-electron chi connectivity index (χ4n) is 2.13. The molecule has 2 aromatic rings. The molecule has 0 bridgehead atoms. The van der Waals surface area contributed by atoms with Crippen molar-refractivity contribution in [3.63, 3.8) is 0 Å². The van der Waals surface area contributed by atoms with E-state index in [4.69, 9.17) is 25.5 Å². The molecular weight excluding hydrogens is 346 g/mol. The number of hydrogen-bond donors (Lipinski definition) is 0. The molecule has 6 nitrogen and oxygen atoms in total. The van der Waals surface area contributed by atoms with Gasteiger partial charge in [0.1, 0.15) is 11.5 Å². The molecule has 0 spiro atoms. The fourth-order valence-corrected chi connectivity index (χ4v) is 2.32. The van der Waals surface area contributed by atoms with Crippen LogP contribution in [0.3, 0.4) is 0 Å². The standard InChI is InChI=1S/C18H20ClNO5/c1-2-23-18(22)9-10-20(12-14-6-5-11-24-14)17(21)13-25-16-8-4-3-7-15(16)19/h3-8,11H,2,9-10,12-13H2,1H3. The quantitative estimate of drug-likeness (QED) is 0.638. The third-order valence-electron chi connectivity index (χ3n) is 3.36. The number of esters is 1. The van der Waals surface area contributed by atoms with E-state index in [1.165, 1.54) is 11.2 Å². The lowest BCUT2D eigenvalue weighted by Crippen LogP contribution is -2.36. The fraction of sp³-hybridized carbons (Fsp3) is 0.333. The number of carbonyl (C=O) groups is 2. The minimum absolute atomic E-state index is 0.104. The molecule has 1 heterocycles. The topological polar surface area (TPSA) is 69.0 Å². The Bertz CT molecular complexity index is 687. The highest BCUT2D eigenvalue weighted by Gasteiger charge is 2.18. The van der Waals surface area contributed by atoms with E-state index >= 15 is 0 Å². The van der Waals surface area contributed by atoms with E-state index in [0.29, 0.717) is 23.1 Å². The van der Waals surface area contributed by atoms with E-state index < -0.39 is 0 Å². The zero-order valence-electron chi connectivity index (χ0n) is 13.9. The van der Waals surface area contributed by atoms with E-state index in [1.807, 2.05) is 0 Å². The molecule has 0 N–H and O–H groups in total. The van der Waals surface area contributed by atoms with Crippen molar-refractivity contribution in [3.05, 3.63) is 53.4 Å². The van der Waals surface area contributed by atoms with Gasteiger partial charge in [-0.05, 0) is 31.2 Å². The van der Waals surface area contributed by atoms with E-state index in [2.05, 4.69) is 0 Å². The van der Waals surface area contributed by atoms with Crippen molar-refractivity contribution >= 4 is 23.5 Å². The van der Waals surface area contributed by atoms with Gasteiger partial charge >= 0.3 is 5.97 Å². The number of benzene rings is 1. The van der Waals surface area contributed by atoms with Crippen molar-refractivity contribution in [2.75, 3.05) is 19.8 Å². The number of amides is 1. The molecule has 25 heavy (non-hydrogen) atoms. The maximum atomic E-state index is 12.5. The molecule has 134 valence electrons. The van der Waals surface area contributed by atoms with Crippen molar-refractivity contribution in [2.24, 2.45) is 0 Å². The molecule has 2 rings (SSSR count). The SMILES string of the molecule is CCOC(=O)CCN(Cc1ccco1)C(=O)COc1ccccc1Cl. The van der Waals surface area contributed by atoms with Crippen molar-refractivity contribution in [1.82, 2.24) is 4.90 Å². The van der Waals surface area contributed by atoms with Gasteiger partial charge in [-0.15, -0.1) is 0 Å². The van der Waals surface area contributed by atoms with Gasteiger partial charge in [0, 0.05) is 6.54 Å². The number of hydrogen-bond acceptors (Lipinski definition) is 5. The van der Waals surface area contributed by atoms with Crippen LogP contribution in [0, 0.1) is 0 Å². The lowest BCUT2D eigenvalue weighted by atomic mass is 10.3. The Kier molecular flexibility index (Phi) is 7.35. The maximum Gasteiger partial charge on any atom is 0.307 e. The van der Waals surface area contributed by atoms with Gasteiger partial charge in [0.2, 0.25) is 0 Å². The molecule has 1 aromatic heterocycles. The summed E-state index contributed by atoms with van der Waals surface area (Å²) in [6.07, 6.45) is 1.63. The molecule has 0 aliphatic heterocycles. The molecule has 1 aromatic carbocycles. The van der Waals surface area contributed by atoms with Crippen LogP contribution in [-0.4, -0.2) is 36.5 Å². The summed E-state index contributed by atoms with van der Waals surface area (Å²) in [4.78, 5) is 25.5. The van der Waals surface area contributed by atoms with Crippen molar-refractivity contribution < 1.29 is 23.5 Å². The zero-order valence-corrected chi connectivity index (χ0v) is 14.7. The first kappa shape index (κ1) is 18.9. The minimum atomic E-state index is -0.355. The van der Waals surface area contributed by atoms with E-state index in [0.717, 1.165) is 0 Å². The molecular formula is C18H20ClNO5. The Morgan fingerprint density at radius 2 is 2.00 bits per heavy atom. The third kappa shape index (κ3) is 6.15. The van der Waals surface area contributed by atoms with Crippen LogP contribution in [0.4, 0.5) is 0 Å². The predicted molar refractivity (Wildman–Crippen MR) is 92.3 cm³/mol. The summed E-state index contributed by atoms with van der Waals surface area (Å²) in [5.41, 5.74) is 0. The number of furan rings is 1. The Morgan fingerprint density at radius 3 is 2.68 bits per heavy atom. The van der Waals surface area contributed by atoms with E-state index in [-0.39, 0.29) is 38.0 Å². The van der Waals surface area contributed by atoms with Gasteiger partial charge in [0.25, 0.3) is 5.91 Å². The predicted octanol–water partition coefficient (Wildman–Crippen LogP) is 3.29. The largest absolute Gasteiger partial charge is 0.482 e. The lowest BCUT2D eigenvalue weighted by molar-refractivity contribution is -0.144. The molecule has 0 radical (unpaired) electrons. The van der Waals surface area contributed by atoms with Gasteiger partial charge in [0.15, 0.2) is 6.61 Å². The third-order valence-corrected chi connectivity index (χ3v) is 3.67. The number of halogens is 1. The summed E-state index contributed by atoms with van der Waals surface area (Å²) in [6.45, 7) is 2.32. The Hall–Kier alpha value is -2.47. The summed E-state index contributed by atoms with van der Waals surface area (Å²) in [6, 6.07) is 10.4. The van der Waals surface area contributed by atoms with Gasteiger partial charge in [0.05, 0.1) is 30.9 Å². The number of para-hydroxylation sites is 1. The van der Waals surface area contributed by atoms with Crippen molar-refractivity contribution in [2.45, 2.75) is 19.9 Å². The normalized spacial score (nSPS) is 10.3. The first-order valence-corrected chi connectivity index (χ1v) is 8.31. The first-order valence-electron chi connectivity index (χ1n) is 7.93. The van der Waals surface area contributed by atoms with Crippen LogP contribution < -0.4 is 4.74 Å². The summed E-state index contributed by atoms with van der Waals surface area (Å²) in [5, 5.41) is 0.430. The number of rotatable bonds is 9. The first-order chi connectivity index (χ1) is 12.1. The van der Waals surface area contributed by atoms with Gasteiger partial charge in [-0.1, -0.05) is 23.7 Å². The molecule has 0 aliphatic carbocycles. The van der Waals surface area contributed by atoms with Gasteiger partial charge in [-0.3, -0.25) is 9.59 Å². The average Bonchev–Trinajstić information content (AvgIpc) is 3.11. The van der Waals surface area contributed by atoms with Crippen LogP contribution in [0.1, 0.15) is 19.1 Å². The second-order valence-electron chi connectivity index (χ2n) is 5.17. The van der Waals surface area contributed by atoms with E-state index in [9.17, 15) is 9.59 Å². The maximum absolute atomic E-state index is 12.5. The lowest BCUT2D eigenvalue weighted by Gasteiger charge is -2.21. The Labute approximate surface area is 151 Å². The number of carbonyl (C=O) groups excluding carboxylic acids is 2. The molecule has 1 amide bonds. The molecule has 0 aliphatic rings. The highest BCUT2D eigenvalue weighted by atomic mass is 35.5. The molecule has 0 saturated carbocycles. The van der Waals surface area contributed by atoms with Crippen LogP contribution in [0.15, 0.2) is 47.1 Å². The van der Waals surface area contributed by atoms with Crippen molar-refractivity contribution in [1.29, 1.82) is 0 Å². The minimum Gasteiger partial charge on any atom is -0.482 e. The molecule has 0 saturated heterocycles. The van der Waals surface area contributed by atoms with Gasteiger partial charge < -0.3 is 18.8 Å². The van der Waals surface area contributed by atoms with Crippen LogP contribution >= 0.6 is 11.6 Å². The molecule has 0 atom stereocenters. The second-order valence-corrected chi connectivity index (χ2v) is 5.58. The second kappa shape index (κ2) is 9.74. The smallest absolute Gasteiger partial charge is 0.307 e. The highest BCUT2D eigenvalue weighted by molar-refractivity contribution is 6.32.